The molecule has 0 spiro atoms. The summed E-state index contributed by atoms with van der Waals surface area (Å²) in [6, 6.07) is 4.44. The summed E-state index contributed by atoms with van der Waals surface area (Å²) in [5, 5.41) is 0.183. The Labute approximate surface area is 168 Å². The first-order valence-electron chi connectivity index (χ1n) is 6.98. The summed E-state index contributed by atoms with van der Waals surface area (Å²) in [5.41, 5.74) is 5.86. The maximum absolute atomic E-state index is 12.2. The normalized spacial score (nSPS) is 15.9. The highest BCUT2D eigenvalue weighted by Crippen LogP contribution is 2.28. The van der Waals surface area contributed by atoms with Crippen LogP contribution in [0, 0.1) is 0 Å². The van der Waals surface area contributed by atoms with Crippen LogP contribution in [0.3, 0.4) is 0 Å². The summed E-state index contributed by atoms with van der Waals surface area (Å²) in [4.78, 5) is 6.00. The fourth-order valence-corrected chi connectivity index (χ4v) is 3.79. The van der Waals surface area contributed by atoms with E-state index in [1.165, 1.54) is 18.2 Å². The van der Waals surface area contributed by atoms with Crippen LogP contribution in [0.25, 0.3) is 0 Å². The first-order chi connectivity index (χ1) is 10.9. The molecule has 24 heavy (non-hydrogen) atoms. The van der Waals surface area contributed by atoms with Crippen molar-refractivity contribution in [2.24, 2.45) is 10.7 Å². The Bertz CT molecular complexity index is 682. The Balaban J connectivity index is 0.00000288. The van der Waals surface area contributed by atoms with E-state index >= 15 is 0 Å². The number of hydrogen-bond donors (Lipinski definition) is 2. The van der Waals surface area contributed by atoms with Gasteiger partial charge in [-0.15, -0.1) is 24.0 Å². The first kappa shape index (κ1) is 21.7. The van der Waals surface area contributed by atoms with Crippen molar-refractivity contribution in [1.29, 1.82) is 0 Å². The van der Waals surface area contributed by atoms with Gasteiger partial charge in [0, 0.05) is 19.6 Å². The van der Waals surface area contributed by atoms with Crippen LogP contribution in [0.4, 0.5) is 0 Å². The van der Waals surface area contributed by atoms with Crippen molar-refractivity contribution >= 4 is 63.2 Å². The molecule has 0 radical (unpaired) electrons. The maximum Gasteiger partial charge on any atom is 0.242 e. The Morgan fingerprint density at radius 1 is 1.33 bits per heavy atom. The molecular weight excluding hydrogens is 490 g/mol. The van der Waals surface area contributed by atoms with Crippen LogP contribution < -0.4 is 10.5 Å². The minimum Gasteiger partial charge on any atom is -0.378 e. The molecule has 0 aromatic heterocycles. The topological polar surface area (TPSA) is 97.0 Å². The quantitative estimate of drug-likeness (QED) is 0.272. The molecule has 0 bridgehead atoms. The number of nitrogens with two attached hydrogens (primary N) is 1. The van der Waals surface area contributed by atoms with E-state index in [0.29, 0.717) is 32.3 Å². The molecule has 1 aromatic rings. The van der Waals surface area contributed by atoms with Gasteiger partial charge < -0.3 is 15.4 Å². The zero-order chi connectivity index (χ0) is 16.9. The Morgan fingerprint density at radius 2 is 2.00 bits per heavy atom. The maximum atomic E-state index is 12.2. The number of sulfonamides is 1. The molecule has 7 nitrogen and oxygen atoms in total. The number of nitrogens with one attached hydrogen (secondary N) is 1. The summed E-state index contributed by atoms with van der Waals surface area (Å²) >= 11 is 11.8. The number of benzene rings is 1. The third kappa shape index (κ3) is 5.88. The highest BCUT2D eigenvalue weighted by molar-refractivity contribution is 14.0. The van der Waals surface area contributed by atoms with Crippen molar-refractivity contribution in [3.63, 3.8) is 0 Å². The molecule has 2 rings (SSSR count). The molecule has 0 unspecified atom stereocenters. The summed E-state index contributed by atoms with van der Waals surface area (Å²) in [7, 11) is -3.75. The summed E-state index contributed by atoms with van der Waals surface area (Å²) in [6.45, 7) is 2.90. The second kappa shape index (κ2) is 9.97. The highest BCUT2D eigenvalue weighted by Gasteiger charge is 2.19. The van der Waals surface area contributed by atoms with Crippen molar-refractivity contribution in [1.82, 2.24) is 9.62 Å². The van der Waals surface area contributed by atoms with Gasteiger partial charge in [0.25, 0.3) is 0 Å². The molecule has 1 heterocycles. The van der Waals surface area contributed by atoms with Crippen LogP contribution in [0.1, 0.15) is 0 Å². The number of rotatable bonds is 5. The van der Waals surface area contributed by atoms with Crippen LogP contribution in [-0.2, 0) is 14.8 Å². The van der Waals surface area contributed by atoms with Gasteiger partial charge in [-0.1, -0.05) is 29.3 Å². The predicted octanol–water partition coefficient (Wildman–Crippen LogP) is 1.54. The van der Waals surface area contributed by atoms with Gasteiger partial charge in [-0.2, -0.15) is 0 Å². The van der Waals surface area contributed by atoms with Gasteiger partial charge in [0.15, 0.2) is 5.96 Å². The molecule has 1 fully saturated rings. The number of hydrogen-bond acceptors (Lipinski definition) is 4. The lowest BCUT2D eigenvalue weighted by Crippen LogP contribution is -2.45. The van der Waals surface area contributed by atoms with E-state index in [2.05, 4.69) is 9.71 Å². The average molecular weight is 509 g/mol. The first-order valence-corrected chi connectivity index (χ1v) is 9.22. The molecule has 0 atom stereocenters. The second-order valence-corrected chi connectivity index (χ2v) is 7.31. The van der Waals surface area contributed by atoms with Crippen molar-refractivity contribution in [2.45, 2.75) is 4.90 Å². The lowest BCUT2D eigenvalue weighted by atomic mass is 10.4. The van der Waals surface area contributed by atoms with Crippen LogP contribution in [0.15, 0.2) is 28.1 Å². The van der Waals surface area contributed by atoms with Gasteiger partial charge in [-0.3, -0.25) is 4.99 Å². The number of aliphatic imine (C=N–C) groups is 1. The van der Waals surface area contributed by atoms with Crippen LogP contribution in [-0.4, -0.2) is 58.7 Å². The average Bonchev–Trinajstić information content (AvgIpc) is 2.54. The van der Waals surface area contributed by atoms with Gasteiger partial charge in [0.05, 0.1) is 29.8 Å². The van der Waals surface area contributed by atoms with Crippen molar-refractivity contribution in [3.05, 3.63) is 28.2 Å². The zero-order valence-electron chi connectivity index (χ0n) is 12.7. The fraction of sp³-hybridized carbons (Fsp3) is 0.462. The van der Waals surface area contributed by atoms with Crippen LogP contribution in [0.2, 0.25) is 10.0 Å². The third-order valence-electron chi connectivity index (χ3n) is 3.22. The number of ether oxygens (including phenoxy) is 1. The molecule has 3 N–H and O–H groups in total. The third-order valence-corrected chi connectivity index (χ3v) is 5.65. The van der Waals surface area contributed by atoms with Gasteiger partial charge in [-0.25, -0.2) is 13.1 Å². The number of guanidine groups is 1. The molecule has 1 aliphatic heterocycles. The lowest BCUT2D eigenvalue weighted by molar-refractivity contribution is 0.0674. The highest BCUT2D eigenvalue weighted by atomic mass is 127. The molecule has 1 saturated heterocycles. The largest absolute Gasteiger partial charge is 0.378 e. The number of nitrogens with zero attached hydrogens (tertiary/aromatic N) is 2. The molecule has 11 heteroatoms. The minimum absolute atomic E-state index is 0. The molecule has 0 amide bonds. The van der Waals surface area contributed by atoms with E-state index in [-0.39, 0.29) is 52.0 Å². The molecular formula is C13H19Cl2IN4O3S. The monoisotopic (exact) mass is 508 g/mol. The fourth-order valence-electron chi connectivity index (χ4n) is 2.01. The minimum atomic E-state index is -3.75. The Morgan fingerprint density at radius 3 is 2.67 bits per heavy atom. The number of halogens is 3. The van der Waals surface area contributed by atoms with E-state index in [4.69, 9.17) is 33.7 Å². The Hall–Kier alpha value is -0.330. The van der Waals surface area contributed by atoms with Crippen LogP contribution in [0.5, 0.6) is 0 Å². The van der Waals surface area contributed by atoms with E-state index in [0.717, 1.165) is 0 Å². The predicted molar refractivity (Wildman–Crippen MR) is 106 cm³/mol. The lowest BCUT2D eigenvalue weighted by Gasteiger charge is -2.27. The van der Waals surface area contributed by atoms with E-state index < -0.39 is 10.0 Å². The van der Waals surface area contributed by atoms with Gasteiger partial charge in [0.1, 0.15) is 4.90 Å². The van der Waals surface area contributed by atoms with Crippen molar-refractivity contribution in [2.75, 3.05) is 39.4 Å². The van der Waals surface area contributed by atoms with Crippen molar-refractivity contribution in [3.8, 4) is 0 Å². The summed E-state index contributed by atoms with van der Waals surface area (Å²) in [5.74, 6) is 0.383. The number of morpholine rings is 1. The van der Waals surface area contributed by atoms with E-state index in [1.54, 1.807) is 0 Å². The smallest absolute Gasteiger partial charge is 0.242 e. The van der Waals surface area contributed by atoms with E-state index in [9.17, 15) is 8.42 Å². The van der Waals surface area contributed by atoms with Gasteiger partial charge in [0.2, 0.25) is 10.0 Å². The molecule has 0 saturated carbocycles. The summed E-state index contributed by atoms with van der Waals surface area (Å²) in [6.07, 6.45) is 0. The van der Waals surface area contributed by atoms with Crippen LogP contribution >= 0.6 is 47.2 Å². The molecule has 1 aromatic carbocycles. The molecule has 136 valence electrons. The second-order valence-electron chi connectivity index (χ2n) is 4.79. The SMILES string of the molecule is I.NC(=NCCNS(=O)(=O)c1cccc(Cl)c1Cl)N1CCOCC1. The molecule has 1 aliphatic rings. The standard InChI is InChI=1S/C13H18Cl2N4O3S.HI/c14-10-2-1-3-11(12(10)15)23(20,21)18-5-4-17-13(16)19-6-8-22-9-7-19;/h1-3,18H,4-9H2,(H2,16,17);1H. The molecule has 0 aliphatic carbocycles. The Kier molecular flexibility index (Phi) is 9.02. The van der Waals surface area contributed by atoms with Crippen molar-refractivity contribution < 1.29 is 13.2 Å². The van der Waals surface area contributed by atoms with Gasteiger partial charge in [-0.05, 0) is 12.1 Å². The van der Waals surface area contributed by atoms with Gasteiger partial charge >= 0.3 is 0 Å². The summed E-state index contributed by atoms with van der Waals surface area (Å²) < 4.78 is 32.0. The zero-order valence-corrected chi connectivity index (χ0v) is 17.4. The van der Waals surface area contributed by atoms with E-state index in [1.807, 2.05) is 4.90 Å².